The molecule has 0 saturated carbocycles. The van der Waals surface area contributed by atoms with Crippen LogP contribution in [0.1, 0.15) is 27.2 Å². The highest BCUT2D eigenvalue weighted by Gasteiger charge is 2.40. The molecule has 0 bridgehead atoms. The summed E-state index contributed by atoms with van der Waals surface area (Å²) < 4.78 is 19.4. The maximum absolute atomic E-state index is 12.6. The Morgan fingerprint density at radius 2 is 2.31 bits per heavy atom. The van der Waals surface area contributed by atoms with Gasteiger partial charge in [0.05, 0.1) is 6.61 Å². The summed E-state index contributed by atoms with van der Waals surface area (Å²) in [5.74, 6) is 0.705. The molecule has 7 heteroatoms. The van der Waals surface area contributed by atoms with Crippen molar-refractivity contribution in [2.45, 2.75) is 32.4 Å². The molecule has 94 valence electrons. The number of carbonyl (C=O) groups excluding carboxylic acids is 1. The van der Waals surface area contributed by atoms with Gasteiger partial charge in [0.25, 0.3) is 5.24 Å². The monoisotopic (exact) mass is 283 g/mol. The van der Waals surface area contributed by atoms with E-state index in [1.54, 1.807) is 6.92 Å². The van der Waals surface area contributed by atoms with Crippen LogP contribution in [0.25, 0.3) is 0 Å². The van der Waals surface area contributed by atoms with Crippen molar-refractivity contribution in [1.29, 1.82) is 0 Å². The molecule has 0 N–H and O–H groups in total. The normalized spacial score (nSPS) is 22.2. The third-order valence-corrected chi connectivity index (χ3v) is 8.51. The lowest BCUT2D eigenvalue weighted by Crippen LogP contribution is -2.20. The van der Waals surface area contributed by atoms with Crippen molar-refractivity contribution in [3.8, 4) is 0 Å². The molecule has 0 aromatic heterocycles. The van der Waals surface area contributed by atoms with E-state index >= 15 is 0 Å². The SMILES string of the molecule is CCO[P@](=O)(S[C@H](C)CC)N1CCSC1=O. The van der Waals surface area contributed by atoms with Gasteiger partial charge in [0.15, 0.2) is 0 Å². The Labute approximate surface area is 105 Å². The molecule has 1 heterocycles. The smallest absolute Gasteiger partial charge is 0.306 e. The van der Waals surface area contributed by atoms with Crippen LogP contribution >= 0.6 is 29.9 Å². The molecule has 2 atom stereocenters. The van der Waals surface area contributed by atoms with Crippen LogP contribution in [0.2, 0.25) is 0 Å². The van der Waals surface area contributed by atoms with Crippen LogP contribution in [-0.4, -0.2) is 34.1 Å². The first-order chi connectivity index (χ1) is 7.53. The van der Waals surface area contributed by atoms with Gasteiger partial charge in [-0.05, 0) is 24.7 Å². The second kappa shape index (κ2) is 6.34. The number of thioether (sulfide) groups is 1. The molecule has 16 heavy (non-hydrogen) atoms. The van der Waals surface area contributed by atoms with E-state index in [1.807, 2.05) is 13.8 Å². The fraction of sp³-hybridized carbons (Fsp3) is 0.889. The lowest BCUT2D eigenvalue weighted by Gasteiger charge is -2.27. The number of rotatable bonds is 6. The zero-order valence-corrected chi connectivity index (χ0v) is 12.4. The maximum atomic E-state index is 12.6. The van der Waals surface area contributed by atoms with Crippen LogP contribution in [-0.2, 0) is 9.09 Å². The van der Waals surface area contributed by atoms with E-state index in [0.717, 1.165) is 6.42 Å². The van der Waals surface area contributed by atoms with E-state index < -0.39 is 6.72 Å². The van der Waals surface area contributed by atoms with E-state index in [0.29, 0.717) is 18.9 Å². The van der Waals surface area contributed by atoms with Crippen molar-refractivity contribution < 1.29 is 13.9 Å². The summed E-state index contributed by atoms with van der Waals surface area (Å²) in [5.41, 5.74) is 0. The molecule has 0 unspecified atom stereocenters. The fourth-order valence-electron chi connectivity index (χ4n) is 1.23. The van der Waals surface area contributed by atoms with E-state index in [4.69, 9.17) is 4.52 Å². The highest BCUT2D eigenvalue weighted by molar-refractivity contribution is 8.56. The molecule has 4 nitrogen and oxygen atoms in total. The highest BCUT2D eigenvalue weighted by atomic mass is 32.7. The van der Waals surface area contributed by atoms with Gasteiger partial charge in [-0.2, -0.15) is 0 Å². The predicted molar refractivity (Wildman–Crippen MR) is 71.1 cm³/mol. The van der Waals surface area contributed by atoms with Gasteiger partial charge in [-0.25, -0.2) is 0 Å². The molecule has 1 saturated heterocycles. The lowest BCUT2D eigenvalue weighted by atomic mass is 10.4. The van der Waals surface area contributed by atoms with Gasteiger partial charge in [0.1, 0.15) is 0 Å². The number of hydrogen-bond donors (Lipinski definition) is 0. The van der Waals surface area contributed by atoms with Crippen LogP contribution in [0.15, 0.2) is 0 Å². The summed E-state index contributed by atoms with van der Waals surface area (Å²) >= 11 is 2.51. The summed E-state index contributed by atoms with van der Waals surface area (Å²) in [6.07, 6.45) is 0.914. The Morgan fingerprint density at radius 1 is 1.62 bits per heavy atom. The number of amides is 1. The van der Waals surface area contributed by atoms with E-state index in [-0.39, 0.29) is 10.5 Å². The minimum Gasteiger partial charge on any atom is -0.306 e. The first kappa shape index (κ1) is 14.4. The summed E-state index contributed by atoms with van der Waals surface area (Å²) in [4.78, 5) is 11.6. The number of carbonyl (C=O) groups is 1. The van der Waals surface area contributed by atoms with Crippen LogP contribution in [0, 0.1) is 0 Å². The molecule has 1 rings (SSSR count). The first-order valence-corrected chi connectivity index (χ1v) is 9.46. The van der Waals surface area contributed by atoms with Gasteiger partial charge >= 0.3 is 6.72 Å². The molecule has 1 fully saturated rings. The third kappa shape index (κ3) is 3.42. The van der Waals surface area contributed by atoms with E-state index in [2.05, 4.69) is 0 Å². The number of nitrogens with zero attached hydrogens (tertiary/aromatic N) is 1. The van der Waals surface area contributed by atoms with Gasteiger partial charge in [-0.15, -0.1) is 0 Å². The van der Waals surface area contributed by atoms with Crippen molar-refractivity contribution in [1.82, 2.24) is 4.67 Å². The third-order valence-electron chi connectivity index (χ3n) is 2.22. The van der Waals surface area contributed by atoms with Crippen LogP contribution in [0.4, 0.5) is 4.79 Å². The Morgan fingerprint density at radius 3 is 2.75 bits per heavy atom. The van der Waals surface area contributed by atoms with Crippen LogP contribution in [0.3, 0.4) is 0 Å². The Bertz CT molecular complexity index is 300. The fourth-order valence-corrected chi connectivity index (χ4v) is 7.61. The van der Waals surface area contributed by atoms with Crippen molar-refractivity contribution in [2.75, 3.05) is 18.9 Å². The molecule has 0 aromatic rings. The van der Waals surface area contributed by atoms with Crippen LogP contribution in [0.5, 0.6) is 0 Å². The van der Waals surface area contributed by atoms with Crippen molar-refractivity contribution in [2.24, 2.45) is 0 Å². The molecule has 1 aliphatic rings. The van der Waals surface area contributed by atoms with Gasteiger partial charge in [0.2, 0.25) is 0 Å². The average molecular weight is 283 g/mol. The maximum Gasteiger partial charge on any atom is 0.356 e. The lowest BCUT2D eigenvalue weighted by molar-refractivity contribution is 0.241. The van der Waals surface area contributed by atoms with Crippen molar-refractivity contribution in [3.05, 3.63) is 0 Å². The molecule has 0 radical (unpaired) electrons. The summed E-state index contributed by atoms with van der Waals surface area (Å²) in [6, 6.07) is 0. The van der Waals surface area contributed by atoms with Gasteiger partial charge < -0.3 is 4.52 Å². The molecule has 0 spiro atoms. The minimum atomic E-state index is -3.02. The van der Waals surface area contributed by atoms with Crippen LogP contribution < -0.4 is 0 Å². The largest absolute Gasteiger partial charge is 0.356 e. The van der Waals surface area contributed by atoms with Gasteiger partial charge in [-0.3, -0.25) is 14.0 Å². The summed E-state index contributed by atoms with van der Waals surface area (Å²) in [6.45, 7) is 3.73. The summed E-state index contributed by atoms with van der Waals surface area (Å²) in [7, 11) is 0. The second-order valence-corrected chi connectivity index (χ2v) is 9.20. The quantitative estimate of drug-likeness (QED) is 0.693. The predicted octanol–water partition coefficient (Wildman–Crippen LogP) is 3.83. The van der Waals surface area contributed by atoms with Gasteiger partial charge in [-0.1, -0.05) is 25.6 Å². The van der Waals surface area contributed by atoms with Gasteiger partial charge in [0, 0.05) is 17.5 Å². The molecule has 1 amide bonds. The van der Waals surface area contributed by atoms with E-state index in [9.17, 15) is 9.36 Å². The Hall–Kier alpha value is 0.360. The second-order valence-electron chi connectivity index (χ2n) is 3.45. The molecular weight excluding hydrogens is 265 g/mol. The number of hydrogen-bond acceptors (Lipinski definition) is 5. The average Bonchev–Trinajstić information content (AvgIpc) is 2.65. The molecule has 0 aliphatic carbocycles. The first-order valence-electron chi connectivity index (χ1n) is 5.41. The molecular formula is C9H18NO3PS2. The van der Waals surface area contributed by atoms with Crippen molar-refractivity contribution >= 4 is 35.1 Å². The molecule has 1 aliphatic heterocycles. The minimum absolute atomic E-state index is 0.118. The van der Waals surface area contributed by atoms with E-state index in [1.165, 1.54) is 27.8 Å². The van der Waals surface area contributed by atoms with Crippen molar-refractivity contribution in [3.63, 3.8) is 0 Å². The Kier molecular flexibility index (Phi) is 5.71. The zero-order chi connectivity index (χ0) is 12.2. The molecule has 0 aromatic carbocycles. The summed E-state index contributed by atoms with van der Waals surface area (Å²) in [5, 5.41) is 0.114. The highest BCUT2D eigenvalue weighted by Crippen LogP contribution is 2.65. The standard InChI is InChI=1S/C9H18NO3PS2/c1-4-8(3)16-14(12,13-5-2)10-6-7-15-9(10)11/h8H,4-7H2,1-3H3/t8-,14+/m1/s1. The topological polar surface area (TPSA) is 46.6 Å². The zero-order valence-electron chi connectivity index (χ0n) is 9.84. The Balaban J connectivity index is 2.78.